The minimum atomic E-state index is -0.845. The van der Waals surface area contributed by atoms with E-state index in [4.69, 9.17) is 5.11 Å². The van der Waals surface area contributed by atoms with Crippen LogP contribution in [0, 0.1) is 11.7 Å². The van der Waals surface area contributed by atoms with Crippen molar-refractivity contribution in [3.8, 4) is 0 Å². The van der Waals surface area contributed by atoms with Crippen molar-refractivity contribution in [3.63, 3.8) is 0 Å². The molecule has 0 amide bonds. The summed E-state index contributed by atoms with van der Waals surface area (Å²) >= 11 is 0. The summed E-state index contributed by atoms with van der Waals surface area (Å²) in [6.45, 7) is 4.37. The number of nitrogens with zero attached hydrogens (tertiary/aromatic N) is 1. The first kappa shape index (κ1) is 15.0. The van der Waals surface area contributed by atoms with E-state index in [1.807, 2.05) is 6.07 Å². The van der Waals surface area contributed by atoms with Crippen LogP contribution in [-0.4, -0.2) is 29.1 Å². The molecule has 1 atom stereocenters. The van der Waals surface area contributed by atoms with E-state index in [0.717, 1.165) is 18.7 Å². The van der Waals surface area contributed by atoms with Crippen LogP contribution in [0.3, 0.4) is 0 Å². The second-order valence-corrected chi connectivity index (χ2v) is 5.71. The normalized spacial score (nSPS) is 17.9. The molecule has 4 heteroatoms. The van der Waals surface area contributed by atoms with Crippen LogP contribution in [-0.2, 0) is 17.8 Å². The monoisotopic (exact) mass is 279 g/mol. The highest BCUT2D eigenvalue weighted by Crippen LogP contribution is 2.18. The lowest BCUT2D eigenvalue weighted by Gasteiger charge is -2.26. The van der Waals surface area contributed by atoms with Crippen LogP contribution in [0.2, 0.25) is 0 Å². The summed E-state index contributed by atoms with van der Waals surface area (Å²) in [4.78, 5) is 13.1. The van der Waals surface area contributed by atoms with Crippen LogP contribution in [0.25, 0.3) is 0 Å². The number of carboxylic acids is 1. The van der Waals surface area contributed by atoms with E-state index in [2.05, 4.69) is 4.90 Å². The Balaban J connectivity index is 1.99. The molecule has 0 bridgehead atoms. The maximum absolute atomic E-state index is 14.1. The lowest BCUT2D eigenvalue weighted by Crippen LogP contribution is -2.29. The first-order chi connectivity index (χ1) is 9.56. The van der Waals surface area contributed by atoms with Gasteiger partial charge in [0.15, 0.2) is 0 Å². The Hall–Kier alpha value is -1.42. The fourth-order valence-corrected chi connectivity index (χ4v) is 2.65. The number of carbonyl (C=O) groups is 1. The van der Waals surface area contributed by atoms with E-state index in [0.29, 0.717) is 18.5 Å². The maximum atomic E-state index is 14.1. The number of benzene rings is 1. The first-order valence-electron chi connectivity index (χ1n) is 7.28. The van der Waals surface area contributed by atoms with Crippen molar-refractivity contribution >= 4 is 5.97 Å². The topological polar surface area (TPSA) is 40.5 Å². The molecule has 1 fully saturated rings. The van der Waals surface area contributed by atoms with Crippen molar-refractivity contribution in [2.75, 3.05) is 13.1 Å². The van der Waals surface area contributed by atoms with Crippen molar-refractivity contribution in [3.05, 3.63) is 35.1 Å². The summed E-state index contributed by atoms with van der Waals surface area (Å²) in [5, 5.41) is 8.88. The Morgan fingerprint density at radius 1 is 1.35 bits per heavy atom. The van der Waals surface area contributed by atoms with Gasteiger partial charge in [0.25, 0.3) is 0 Å². The maximum Gasteiger partial charge on any atom is 0.306 e. The standard InChI is InChI=1S/C16H22FNO2/c1-12(16(19)20)9-13-5-6-14(15(17)10-13)11-18-7-3-2-4-8-18/h5-6,10,12H,2-4,7-9,11H2,1H3,(H,19,20). The summed E-state index contributed by atoms with van der Waals surface area (Å²) in [6, 6.07) is 5.13. The fraction of sp³-hybridized carbons (Fsp3) is 0.562. The quantitative estimate of drug-likeness (QED) is 0.900. The van der Waals surface area contributed by atoms with Gasteiger partial charge in [-0.2, -0.15) is 0 Å². The zero-order valence-corrected chi connectivity index (χ0v) is 11.9. The van der Waals surface area contributed by atoms with E-state index < -0.39 is 11.9 Å². The second kappa shape index (κ2) is 6.84. The largest absolute Gasteiger partial charge is 0.481 e. The van der Waals surface area contributed by atoms with Gasteiger partial charge in [-0.15, -0.1) is 0 Å². The van der Waals surface area contributed by atoms with Gasteiger partial charge in [0.1, 0.15) is 5.82 Å². The fourth-order valence-electron chi connectivity index (χ4n) is 2.65. The lowest BCUT2D eigenvalue weighted by molar-refractivity contribution is -0.141. The zero-order chi connectivity index (χ0) is 14.5. The number of hydrogen-bond donors (Lipinski definition) is 1. The molecule has 20 heavy (non-hydrogen) atoms. The molecular formula is C16H22FNO2. The summed E-state index contributed by atoms with van der Waals surface area (Å²) in [6.07, 6.45) is 4.02. The number of carboxylic acid groups (broad SMARTS) is 1. The molecule has 0 saturated carbocycles. The number of rotatable bonds is 5. The molecule has 0 aromatic heterocycles. The predicted octanol–water partition coefficient (Wildman–Crippen LogP) is 3.07. The van der Waals surface area contributed by atoms with Crippen LogP contribution in [0.1, 0.15) is 37.3 Å². The molecule has 1 aromatic rings. The van der Waals surface area contributed by atoms with Gasteiger partial charge in [0.2, 0.25) is 0 Å². The predicted molar refractivity (Wildman–Crippen MR) is 76.0 cm³/mol. The SMILES string of the molecule is CC(Cc1ccc(CN2CCCCC2)c(F)c1)C(=O)O. The van der Waals surface area contributed by atoms with E-state index in [-0.39, 0.29) is 5.82 Å². The van der Waals surface area contributed by atoms with Crippen LogP contribution in [0.15, 0.2) is 18.2 Å². The van der Waals surface area contributed by atoms with E-state index in [1.165, 1.54) is 25.3 Å². The molecule has 1 aromatic carbocycles. The summed E-state index contributed by atoms with van der Waals surface area (Å²) < 4.78 is 14.1. The van der Waals surface area contributed by atoms with Gasteiger partial charge < -0.3 is 5.11 Å². The molecule has 1 unspecified atom stereocenters. The molecule has 0 radical (unpaired) electrons. The van der Waals surface area contributed by atoms with Gasteiger partial charge in [0, 0.05) is 12.1 Å². The molecule has 0 aliphatic carbocycles. The number of halogens is 1. The first-order valence-corrected chi connectivity index (χ1v) is 7.28. The average molecular weight is 279 g/mol. The summed E-state index contributed by atoms with van der Waals surface area (Å²) in [5.74, 6) is -1.55. The average Bonchev–Trinajstić information content (AvgIpc) is 2.43. The molecule has 1 aliphatic rings. The van der Waals surface area contributed by atoms with Gasteiger partial charge in [-0.25, -0.2) is 4.39 Å². The third-order valence-electron chi connectivity index (χ3n) is 3.92. The Morgan fingerprint density at radius 3 is 2.65 bits per heavy atom. The molecule has 1 N–H and O–H groups in total. The molecule has 1 aliphatic heterocycles. The highest BCUT2D eigenvalue weighted by molar-refractivity contribution is 5.69. The molecule has 2 rings (SSSR count). The number of aliphatic carboxylic acids is 1. The summed E-state index contributed by atoms with van der Waals surface area (Å²) in [7, 11) is 0. The van der Waals surface area contributed by atoms with Gasteiger partial charge in [-0.1, -0.05) is 25.5 Å². The van der Waals surface area contributed by atoms with Gasteiger partial charge >= 0.3 is 5.97 Å². The van der Waals surface area contributed by atoms with Gasteiger partial charge in [-0.05, 0) is 44.0 Å². The van der Waals surface area contributed by atoms with Gasteiger partial charge in [0.05, 0.1) is 5.92 Å². The van der Waals surface area contributed by atoms with Crippen molar-refractivity contribution in [2.24, 2.45) is 5.92 Å². The second-order valence-electron chi connectivity index (χ2n) is 5.71. The minimum Gasteiger partial charge on any atom is -0.481 e. The highest BCUT2D eigenvalue weighted by Gasteiger charge is 2.15. The van der Waals surface area contributed by atoms with Crippen molar-refractivity contribution in [2.45, 2.75) is 39.2 Å². The summed E-state index contributed by atoms with van der Waals surface area (Å²) in [5.41, 5.74) is 1.46. The third-order valence-corrected chi connectivity index (χ3v) is 3.92. The smallest absolute Gasteiger partial charge is 0.306 e. The molecule has 3 nitrogen and oxygen atoms in total. The highest BCUT2D eigenvalue weighted by atomic mass is 19.1. The van der Waals surface area contributed by atoms with Crippen LogP contribution < -0.4 is 0 Å². The Kier molecular flexibility index (Phi) is 5.12. The molecule has 110 valence electrons. The molecule has 0 spiro atoms. The van der Waals surface area contributed by atoms with Crippen LogP contribution >= 0.6 is 0 Å². The number of piperidine rings is 1. The molecular weight excluding hydrogens is 257 g/mol. The minimum absolute atomic E-state index is 0.217. The number of hydrogen-bond acceptors (Lipinski definition) is 2. The Morgan fingerprint density at radius 2 is 2.05 bits per heavy atom. The van der Waals surface area contributed by atoms with Crippen molar-refractivity contribution in [1.82, 2.24) is 4.90 Å². The molecule has 1 saturated heterocycles. The zero-order valence-electron chi connectivity index (χ0n) is 11.9. The van der Waals surface area contributed by atoms with Crippen LogP contribution in [0.5, 0.6) is 0 Å². The molecule has 1 heterocycles. The van der Waals surface area contributed by atoms with Gasteiger partial charge in [-0.3, -0.25) is 9.69 Å². The third kappa shape index (κ3) is 4.04. The van der Waals surface area contributed by atoms with Crippen molar-refractivity contribution in [1.29, 1.82) is 0 Å². The Bertz CT molecular complexity index is 470. The van der Waals surface area contributed by atoms with Crippen molar-refractivity contribution < 1.29 is 14.3 Å². The van der Waals surface area contributed by atoms with E-state index >= 15 is 0 Å². The van der Waals surface area contributed by atoms with Crippen LogP contribution in [0.4, 0.5) is 4.39 Å². The Labute approximate surface area is 119 Å². The van der Waals surface area contributed by atoms with E-state index in [9.17, 15) is 9.18 Å². The lowest BCUT2D eigenvalue weighted by atomic mass is 9.99. The number of likely N-dealkylation sites (tertiary alicyclic amines) is 1. The van der Waals surface area contributed by atoms with E-state index in [1.54, 1.807) is 13.0 Å².